The predicted molar refractivity (Wildman–Crippen MR) is 158 cm³/mol. The highest BCUT2D eigenvalue weighted by atomic mass is 32.2. The highest BCUT2D eigenvalue weighted by molar-refractivity contribution is 8.02. The summed E-state index contributed by atoms with van der Waals surface area (Å²) in [6, 6.07) is 8.10. The van der Waals surface area contributed by atoms with Crippen LogP contribution in [0.3, 0.4) is 0 Å². The van der Waals surface area contributed by atoms with Gasteiger partial charge in [0.1, 0.15) is 0 Å². The molecule has 8 heteroatoms. The number of hydrogen-bond acceptors (Lipinski definition) is 4. The van der Waals surface area contributed by atoms with Gasteiger partial charge in [0.05, 0.1) is 10.1 Å². The van der Waals surface area contributed by atoms with Crippen molar-refractivity contribution in [3.05, 3.63) is 29.8 Å². The molecule has 1 atom stereocenters. The number of piperidine rings is 1. The first-order valence-electron chi connectivity index (χ1n) is 15.1. The third kappa shape index (κ3) is 6.41. The number of benzene rings is 1. The van der Waals surface area contributed by atoms with Gasteiger partial charge in [0, 0.05) is 44.3 Å². The van der Waals surface area contributed by atoms with Crippen molar-refractivity contribution < 1.29 is 14.4 Å². The van der Waals surface area contributed by atoms with Crippen LogP contribution in [0.25, 0.3) is 0 Å². The maximum atomic E-state index is 13.7. The number of amides is 4. The normalized spacial score (nSPS) is 24.4. The van der Waals surface area contributed by atoms with Crippen LogP contribution in [-0.2, 0) is 16.0 Å². The summed E-state index contributed by atoms with van der Waals surface area (Å²) in [6.07, 6.45) is 10.6. The number of nitrogens with zero attached hydrogens (tertiary/aromatic N) is 3. The molecule has 3 heterocycles. The van der Waals surface area contributed by atoms with Gasteiger partial charge in [-0.25, -0.2) is 4.79 Å². The molecule has 1 unspecified atom stereocenters. The smallest absolute Gasteiger partial charge is 0.322 e. The molecule has 0 aromatic heterocycles. The van der Waals surface area contributed by atoms with Crippen molar-refractivity contribution in [3.63, 3.8) is 0 Å². The number of hydrogen-bond donors (Lipinski definition) is 1. The van der Waals surface area contributed by atoms with E-state index in [0.717, 1.165) is 63.6 Å². The first-order valence-corrected chi connectivity index (χ1v) is 16.0. The van der Waals surface area contributed by atoms with E-state index in [-0.39, 0.29) is 39.4 Å². The van der Waals surface area contributed by atoms with Crippen molar-refractivity contribution in [1.82, 2.24) is 14.7 Å². The topological polar surface area (TPSA) is 73.0 Å². The van der Waals surface area contributed by atoms with Crippen LogP contribution in [0.5, 0.6) is 0 Å². The van der Waals surface area contributed by atoms with Crippen molar-refractivity contribution in [2.75, 3.05) is 31.5 Å². The standard InChI is InChI=1S/C31H46N4O3S/c1-30(2,3)17-21-35-28(37)26(39-31(35)15-8-4-5-9-16-31)22-27(36)33-18-13-24(14-19-33)34-20-12-23-10-6-7-11-25(23)32-29(34)38/h6-7,10-11,24,26H,4-5,8-9,12-22H2,1-3H3,(H,32,38). The van der Waals surface area contributed by atoms with Gasteiger partial charge in [0.15, 0.2) is 0 Å². The second-order valence-electron chi connectivity index (χ2n) is 13.1. The molecule has 3 aliphatic heterocycles. The molecule has 1 aromatic rings. The van der Waals surface area contributed by atoms with E-state index in [1.807, 2.05) is 28.0 Å². The number of likely N-dealkylation sites (tertiary alicyclic amines) is 1. The quantitative estimate of drug-likeness (QED) is 0.493. The third-order valence-electron chi connectivity index (χ3n) is 9.13. The van der Waals surface area contributed by atoms with Crippen molar-refractivity contribution in [2.24, 2.45) is 5.41 Å². The van der Waals surface area contributed by atoms with Crippen LogP contribution in [0.4, 0.5) is 10.5 Å². The molecule has 1 spiro atoms. The Morgan fingerprint density at radius 1 is 1.03 bits per heavy atom. The van der Waals surface area contributed by atoms with Gasteiger partial charge in [-0.05, 0) is 55.6 Å². The summed E-state index contributed by atoms with van der Waals surface area (Å²) in [5.41, 5.74) is 2.24. The Kier molecular flexibility index (Phi) is 8.51. The zero-order valence-electron chi connectivity index (χ0n) is 24.0. The minimum Gasteiger partial charge on any atom is -0.342 e. The highest BCUT2D eigenvalue weighted by Crippen LogP contribution is 2.50. The summed E-state index contributed by atoms with van der Waals surface area (Å²) in [4.78, 5) is 46.1. The van der Waals surface area contributed by atoms with Crippen molar-refractivity contribution in [3.8, 4) is 0 Å². The molecule has 0 radical (unpaired) electrons. The average molecular weight is 555 g/mol. The Balaban J connectivity index is 1.18. The van der Waals surface area contributed by atoms with Crippen LogP contribution in [-0.4, -0.2) is 74.9 Å². The van der Waals surface area contributed by atoms with E-state index in [1.54, 1.807) is 11.8 Å². The molecule has 4 amide bonds. The van der Waals surface area contributed by atoms with E-state index < -0.39 is 0 Å². The van der Waals surface area contributed by atoms with E-state index in [0.29, 0.717) is 26.1 Å². The molecule has 214 valence electrons. The van der Waals surface area contributed by atoms with Gasteiger partial charge in [0.25, 0.3) is 0 Å². The van der Waals surface area contributed by atoms with Crippen LogP contribution < -0.4 is 5.32 Å². The molecule has 3 fully saturated rings. The number of urea groups is 1. The van der Waals surface area contributed by atoms with Crippen molar-refractivity contribution in [1.29, 1.82) is 0 Å². The average Bonchev–Trinajstić information content (AvgIpc) is 3.08. The lowest BCUT2D eigenvalue weighted by molar-refractivity contribution is -0.138. The molecule has 1 saturated carbocycles. The molecule has 1 N–H and O–H groups in total. The molecule has 1 aliphatic carbocycles. The fraction of sp³-hybridized carbons (Fsp3) is 0.710. The van der Waals surface area contributed by atoms with Crippen molar-refractivity contribution in [2.45, 2.75) is 108 Å². The summed E-state index contributed by atoms with van der Waals surface area (Å²) in [6.45, 7) is 9.47. The van der Waals surface area contributed by atoms with Gasteiger partial charge in [-0.15, -0.1) is 11.8 Å². The number of para-hydroxylation sites is 1. The van der Waals surface area contributed by atoms with Gasteiger partial charge in [-0.3, -0.25) is 9.59 Å². The number of anilines is 1. The minimum absolute atomic E-state index is 0.0401. The Hall–Kier alpha value is -2.22. The Morgan fingerprint density at radius 2 is 1.72 bits per heavy atom. The van der Waals surface area contributed by atoms with E-state index in [2.05, 4.69) is 37.1 Å². The summed E-state index contributed by atoms with van der Waals surface area (Å²) in [5.74, 6) is 0.267. The first kappa shape index (κ1) is 28.3. The minimum atomic E-state index is -0.275. The second kappa shape index (κ2) is 11.7. The van der Waals surface area contributed by atoms with Crippen LogP contribution in [0.1, 0.15) is 90.5 Å². The van der Waals surface area contributed by atoms with Gasteiger partial charge >= 0.3 is 6.03 Å². The molecule has 0 bridgehead atoms. The summed E-state index contributed by atoms with van der Waals surface area (Å²) >= 11 is 1.79. The molecule has 7 nitrogen and oxygen atoms in total. The number of carbonyl (C=O) groups is 3. The summed E-state index contributed by atoms with van der Waals surface area (Å²) < 4.78 is 0. The van der Waals surface area contributed by atoms with Crippen LogP contribution in [0, 0.1) is 5.41 Å². The maximum absolute atomic E-state index is 13.7. The largest absolute Gasteiger partial charge is 0.342 e. The zero-order chi connectivity index (χ0) is 27.6. The van der Waals surface area contributed by atoms with E-state index >= 15 is 0 Å². The zero-order valence-corrected chi connectivity index (χ0v) is 24.9. The molecular formula is C31H46N4O3S. The van der Waals surface area contributed by atoms with E-state index in [4.69, 9.17) is 0 Å². The van der Waals surface area contributed by atoms with Crippen LogP contribution in [0.2, 0.25) is 0 Å². The molecular weight excluding hydrogens is 508 g/mol. The second-order valence-corrected chi connectivity index (χ2v) is 14.7. The van der Waals surface area contributed by atoms with Gasteiger partial charge in [-0.1, -0.05) is 64.7 Å². The molecule has 4 aliphatic rings. The number of fused-ring (bicyclic) bond motifs is 1. The fourth-order valence-corrected chi connectivity index (χ4v) is 8.58. The SMILES string of the molecule is CC(C)(C)CCN1C(=O)C(CC(=O)N2CCC(N3CCc4ccccc4NC3=O)CC2)SC12CCCCCC2. The van der Waals surface area contributed by atoms with E-state index in [9.17, 15) is 14.4 Å². The van der Waals surface area contributed by atoms with Crippen molar-refractivity contribution >= 4 is 35.3 Å². The lowest BCUT2D eigenvalue weighted by Gasteiger charge is -2.38. The maximum Gasteiger partial charge on any atom is 0.322 e. The first-order chi connectivity index (χ1) is 18.7. The predicted octanol–water partition coefficient (Wildman–Crippen LogP) is 5.89. The molecule has 2 saturated heterocycles. The van der Waals surface area contributed by atoms with Gasteiger partial charge < -0.3 is 20.0 Å². The summed E-state index contributed by atoms with van der Waals surface area (Å²) in [7, 11) is 0. The summed E-state index contributed by atoms with van der Waals surface area (Å²) in [5, 5.41) is 2.80. The Labute approximate surface area is 238 Å². The van der Waals surface area contributed by atoms with E-state index in [1.165, 1.54) is 18.4 Å². The fourth-order valence-electron chi connectivity index (χ4n) is 6.77. The highest BCUT2D eigenvalue weighted by Gasteiger charge is 2.51. The Bertz CT molecular complexity index is 1050. The molecule has 39 heavy (non-hydrogen) atoms. The third-order valence-corrected chi connectivity index (χ3v) is 10.8. The lowest BCUT2D eigenvalue weighted by Crippen LogP contribution is -2.50. The molecule has 5 rings (SSSR count). The van der Waals surface area contributed by atoms with Crippen LogP contribution in [0.15, 0.2) is 24.3 Å². The monoisotopic (exact) mass is 554 g/mol. The number of nitrogens with one attached hydrogen (secondary N) is 1. The number of rotatable bonds is 5. The Morgan fingerprint density at radius 3 is 2.41 bits per heavy atom. The number of thioether (sulfide) groups is 1. The van der Waals surface area contributed by atoms with Gasteiger partial charge in [-0.2, -0.15) is 0 Å². The number of carbonyl (C=O) groups excluding carboxylic acids is 3. The van der Waals surface area contributed by atoms with Crippen LogP contribution >= 0.6 is 11.8 Å². The molecule has 1 aromatic carbocycles. The lowest BCUT2D eigenvalue weighted by atomic mass is 9.91. The van der Waals surface area contributed by atoms with Gasteiger partial charge in [0.2, 0.25) is 11.8 Å².